The summed E-state index contributed by atoms with van der Waals surface area (Å²) in [5, 5.41) is 2.66. The Balaban J connectivity index is 1.94. The summed E-state index contributed by atoms with van der Waals surface area (Å²) in [5.74, 6) is -1.09. The molecule has 114 valence electrons. The Bertz CT molecular complexity index is 658. The Morgan fingerprint density at radius 1 is 0.955 bits per heavy atom. The number of nitrogens with one attached hydrogen (secondary N) is 1. The van der Waals surface area contributed by atoms with E-state index in [0.717, 1.165) is 16.8 Å². The molecule has 4 heteroatoms. The molecule has 0 aliphatic rings. The lowest BCUT2D eigenvalue weighted by Crippen LogP contribution is -2.30. The zero-order valence-electron chi connectivity index (χ0n) is 13.1. The average molecular weight is 296 g/mol. The van der Waals surface area contributed by atoms with Gasteiger partial charge in [-0.25, -0.2) is 0 Å². The molecule has 0 aliphatic heterocycles. The number of Topliss-reactive ketones (excluding diaryl/α,β-unsaturated/α-hetero) is 1. The van der Waals surface area contributed by atoms with Crippen LogP contribution in [0.5, 0.6) is 0 Å². The lowest BCUT2D eigenvalue weighted by Gasteiger charge is -2.12. The molecule has 0 spiro atoms. The van der Waals surface area contributed by atoms with Crippen LogP contribution < -0.4 is 10.2 Å². The molecule has 0 atom stereocenters. The van der Waals surface area contributed by atoms with Gasteiger partial charge in [-0.3, -0.25) is 9.59 Å². The number of rotatable bonds is 5. The third kappa shape index (κ3) is 3.95. The van der Waals surface area contributed by atoms with E-state index in [-0.39, 0.29) is 0 Å². The van der Waals surface area contributed by atoms with Gasteiger partial charge in [-0.2, -0.15) is 0 Å². The molecular formula is C18H20N2O2. The van der Waals surface area contributed by atoms with E-state index in [0.29, 0.717) is 12.1 Å². The first-order valence-electron chi connectivity index (χ1n) is 7.13. The third-order valence-electron chi connectivity index (χ3n) is 3.43. The molecule has 0 unspecified atom stereocenters. The van der Waals surface area contributed by atoms with Crippen molar-refractivity contribution in [3.05, 3.63) is 65.2 Å². The molecule has 0 bridgehead atoms. The van der Waals surface area contributed by atoms with Crippen molar-refractivity contribution in [2.75, 3.05) is 19.0 Å². The molecule has 0 saturated carbocycles. The molecule has 2 aromatic carbocycles. The number of amides is 1. The molecule has 0 radical (unpaired) electrons. The maximum absolute atomic E-state index is 12.0. The summed E-state index contributed by atoms with van der Waals surface area (Å²) in [5.41, 5.74) is 3.51. The van der Waals surface area contributed by atoms with Gasteiger partial charge in [0.05, 0.1) is 0 Å². The first kappa shape index (κ1) is 15.8. The zero-order valence-corrected chi connectivity index (χ0v) is 13.1. The Morgan fingerprint density at radius 2 is 1.55 bits per heavy atom. The maximum atomic E-state index is 12.0. The Kier molecular flexibility index (Phi) is 4.94. The van der Waals surface area contributed by atoms with Gasteiger partial charge in [-0.1, -0.05) is 42.0 Å². The molecule has 0 aliphatic carbocycles. The Hall–Kier alpha value is -2.62. The predicted octanol–water partition coefficient (Wildman–Crippen LogP) is 2.56. The fourth-order valence-electron chi connectivity index (χ4n) is 2.01. The molecular weight excluding hydrogens is 276 g/mol. The normalized spacial score (nSPS) is 10.1. The van der Waals surface area contributed by atoms with Crippen molar-refractivity contribution in [3.63, 3.8) is 0 Å². The van der Waals surface area contributed by atoms with Gasteiger partial charge in [0, 0.05) is 31.9 Å². The predicted molar refractivity (Wildman–Crippen MR) is 88.1 cm³/mol. The summed E-state index contributed by atoms with van der Waals surface area (Å²) < 4.78 is 0. The van der Waals surface area contributed by atoms with Gasteiger partial charge in [-0.05, 0) is 24.6 Å². The lowest BCUT2D eigenvalue weighted by molar-refractivity contribution is -0.117. The van der Waals surface area contributed by atoms with Crippen LogP contribution in [0.25, 0.3) is 0 Å². The van der Waals surface area contributed by atoms with Crippen LogP contribution in [0.2, 0.25) is 0 Å². The summed E-state index contributed by atoms with van der Waals surface area (Å²) in [7, 11) is 3.94. The van der Waals surface area contributed by atoms with Crippen molar-refractivity contribution >= 4 is 17.4 Å². The summed E-state index contributed by atoms with van der Waals surface area (Å²) in [6, 6.07) is 14.8. The number of hydrogen-bond donors (Lipinski definition) is 1. The molecule has 1 N–H and O–H groups in total. The first-order chi connectivity index (χ1) is 10.5. The minimum Gasteiger partial charge on any atom is -0.378 e. The quantitative estimate of drug-likeness (QED) is 0.681. The topological polar surface area (TPSA) is 49.4 Å². The van der Waals surface area contributed by atoms with E-state index in [9.17, 15) is 9.59 Å². The van der Waals surface area contributed by atoms with Crippen molar-refractivity contribution in [1.82, 2.24) is 5.32 Å². The fourth-order valence-corrected chi connectivity index (χ4v) is 2.01. The van der Waals surface area contributed by atoms with Gasteiger partial charge in [-0.15, -0.1) is 0 Å². The first-order valence-corrected chi connectivity index (χ1v) is 7.13. The van der Waals surface area contributed by atoms with E-state index < -0.39 is 11.7 Å². The van der Waals surface area contributed by atoms with Crippen LogP contribution in [0, 0.1) is 6.92 Å². The molecule has 0 heterocycles. The largest absolute Gasteiger partial charge is 0.378 e. The van der Waals surface area contributed by atoms with Gasteiger partial charge in [0.2, 0.25) is 5.78 Å². The van der Waals surface area contributed by atoms with Gasteiger partial charge >= 0.3 is 0 Å². The summed E-state index contributed by atoms with van der Waals surface area (Å²) >= 11 is 0. The van der Waals surface area contributed by atoms with E-state index in [1.54, 1.807) is 12.1 Å². The fraction of sp³-hybridized carbons (Fsp3) is 0.222. The second-order valence-electron chi connectivity index (χ2n) is 5.44. The van der Waals surface area contributed by atoms with Crippen LogP contribution in [-0.2, 0) is 11.3 Å². The number of anilines is 1. The monoisotopic (exact) mass is 296 g/mol. The van der Waals surface area contributed by atoms with Crippen molar-refractivity contribution < 1.29 is 9.59 Å². The van der Waals surface area contributed by atoms with Crippen molar-refractivity contribution in [1.29, 1.82) is 0 Å². The van der Waals surface area contributed by atoms with Crippen LogP contribution in [0.1, 0.15) is 21.5 Å². The molecule has 0 aromatic heterocycles. The van der Waals surface area contributed by atoms with Crippen LogP contribution in [0.15, 0.2) is 48.5 Å². The summed E-state index contributed by atoms with van der Waals surface area (Å²) in [6.07, 6.45) is 0. The average Bonchev–Trinajstić information content (AvgIpc) is 2.53. The van der Waals surface area contributed by atoms with E-state index in [1.165, 1.54) is 0 Å². The number of carbonyl (C=O) groups is 2. The molecule has 1 amide bonds. The summed E-state index contributed by atoms with van der Waals surface area (Å²) in [6.45, 7) is 2.27. The van der Waals surface area contributed by atoms with Crippen molar-refractivity contribution in [2.24, 2.45) is 0 Å². The van der Waals surface area contributed by atoms with Gasteiger partial charge in [0.25, 0.3) is 5.91 Å². The second kappa shape index (κ2) is 6.89. The molecule has 22 heavy (non-hydrogen) atoms. The number of carbonyl (C=O) groups excluding carboxylic acids is 2. The van der Waals surface area contributed by atoms with Crippen LogP contribution in [0.4, 0.5) is 5.69 Å². The van der Waals surface area contributed by atoms with Crippen molar-refractivity contribution in [3.8, 4) is 0 Å². The lowest BCUT2D eigenvalue weighted by atomic mass is 10.1. The Morgan fingerprint density at radius 3 is 2.09 bits per heavy atom. The summed E-state index contributed by atoms with van der Waals surface area (Å²) in [4.78, 5) is 25.9. The molecule has 0 saturated heterocycles. The number of aryl methyl sites for hydroxylation is 1. The number of benzene rings is 2. The number of hydrogen-bond acceptors (Lipinski definition) is 3. The maximum Gasteiger partial charge on any atom is 0.292 e. The minimum atomic E-state index is -0.583. The SMILES string of the molecule is Cc1ccc(C(=O)C(=O)NCc2ccc(N(C)C)cc2)cc1. The Labute approximate surface area is 130 Å². The van der Waals surface area contributed by atoms with E-state index >= 15 is 0 Å². The highest BCUT2D eigenvalue weighted by Crippen LogP contribution is 2.12. The number of nitrogens with zero attached hydrogens (tertiary/aromatic N) is 1. The highest BCUT2D eigenvalue weighted by atomic mass is 16.2. The third-order valence-corrected chi connectivity index (χ3v) is 3.43. The van der Waals surface area contributed by atoms with Gasteiger partial charge < -0.3 is 10.2 Å². The number of ketones is 1. The van der Waals surface area contributed by atoms with Crippen LogP contribution in [0.3, 0.4) is 0 Å². The van der Waals surface area contributed by atoms with Crippen LogP contribution >= 0.6 is 0 Å². The van der Waals surface area contributed by atoms with Gasteiger partial charge in [0.1, 0.15) is 0 Å². The second-order valence-corrected chi connectivity index (χ2v) is 5.44. The molecule has 0 fully saturated rings. The highest BCUT2D eigenvalue weighted by molar-refractivity contribution is 6.42. The van der Waals surface area contributed by atoms with E-state index in [2.05, 4.69) is 5.32 Å². The van der Waals surface area contributed by atoms with Crippen LogP contribution in [-0.4, -0.2) is 25.8 Å². The molecule has 2 rings (SSSR count). The highest BCUT2D eigenvalue weighted by Gasteiger charge is 2.15. The zero-order chi connectivity index (χ0) is 16.1. The smallest absolute Gasteiger partial charge is 0.292 e. The standard InChI is InChI=1S/C18H20N2O2/c1-13-4-8-15(9-5-13)17(21)18(22)19-12-14-6-10-16(11-7-14)20(2)3/h4-11H,12H2,1-3H3,(H,19,22). The minimum absolute atomic E-state index is 0.337. The molecule has 4 nitrogen and oxygen atoms in total. The van der Waals surface area contributed by atoms with Gasteiger partial charge in [0.15, 0.2) is 0 Å². The van der Waals surface area contributed by atoms with E-state index in [4.69, 9.17) is 0 Å². The van der Waals surface area contributed by atoms with E-state index in [1.807, 2.05) is 62.3 Å². The van der Waals surface area contributed by atoms with Crippen molar-refractivity contribution in [2.45, 2.75) is 13.5 Å². The molecule has 2 aromatic rings.